The molecule has 0 aliphatic carbocycles. The highest BCUT2D eigenvalue weighted by Gasteiger charge is 2.12. The van der Waals surface area contributed by atoms with Gasteiger partial charge in [0.2, 0.25) is 11.6 Å². The number of carbonyl (C=O) groups excluding carboxylic acids is 2. The number of aromatic amines is 2. The summed E-state index contributed by atoms with van der Waals surface area (Å²) < 4.78 is 0. The zero-order chi connectivity index (χ0) is 26.2. The van der Waals surface area contributed by atoms with Gasteiger partial charge in [-0.05, 0) is 35.4 Å². The molecule has 2 N–H and O–H groups in total. The number of hydrogen-bond donors (Lipinski definition) is 2. The van der Waals surface area contributed by atoms with Crippen molar-refractivity contribution in [1.29, 1.82) is 0 Å². The molecule has 0 atom stereocenters. The number of carbonyl (C=O) groups is 2. The number of aromatic nitrogens is 2. The van der Waals surface area contributed by atoms with Crippen molar-refractivity contribution in [3.63, 3.8) is 0 Å². The molecule has 6 aromatic rings. The number of hydrogen-bond acceptors (Lipinski definition) is 2. The summed E-state index contributed by atoms with van der Waals surface area (Å²) in [5.41, 5.74) is 6.70. The Morgan fingerprint density at radius 1 is 0.368 bits per heavy atom. The molecule has 184 valence electrons. The van der Waals surface area contributed by atoms with Crippen molar-refractivity contribution in [1.82, 2.24) is 9.97 Å². The number of H-pyrrole nitrogens is 2. The van der Waals surface area contributed by atoms with Crippen LogP contribution >= 0.6 is 0 Å². The zero-order valence-electron chi connectivity index (χ0n) is 20.7. The summed E-state index contributed by atoms with van der Waals surface area (Å²) in [6, 6.07) is 46.1. The predicted molar refractivity (Wildman–Crippen MR) is 152 cm³/mol. The Hall–Kier alpha value is -5.22. The zero-order valence-corrected chi connectivity index (χ0v) is 20.7. The lowest BCUT2D eigenvalue weighted by Gasteiger charge is -1.99. The molecule has 0 amide bonds. The topological polar surface area (TPSA) is 65.7 Å². The number of rotatable bonds is 6. The van der Waals surface area contributed by atoms with Crippen molar-refractivity contribution in [3.8, 4) is 22.5 Å². The Balaban J connectivity index is 0.000000155. The van der Waals surface area contributed by atoms with Gasteiger partial charge in [-0.2, -0.15) is 0 Å². The molecular formula is C34H26N2O2. The fourth-order valence-corrected chi connectivity index (χ4v) is 4.12. The summed E-state index contributed by atoms with van der Waals surface area (Å²) in [5.74, 6) is 0.0329. The van der Waals surface area contributed by atoms with Crippen LogP contribution in [-0.4, -0.2) is 21.5 Å². The lowest BCUT2D eigenvalue weighted by molar-refractivity contribution is 0.102. The van der Waals surface area contributed by atoms with E-state index in [-0.39, 0.29) is 11.6 Å². The molecule has 2 heterocycles. The molecule has 0 aliphatic heterocycles. The molecule has 0 spiro atoms. The Bertz CT molecular complexity index is 1490. The summed E-state index contributed by atoms with van der Waals surface area (Å²) in [6.07, 6.45) is 0. The molecule has 4 heteroatoms. The van der Waals surface area contributed by atoms with E-state index in [1.54, 1.807) is 0 Å². The van der Waals surface area contributed by atoms with E-state index in [1.807, 2.05) is 146 Å². The quantitative estimate of drug-likeness (QED) is 0.232. The first-order valence-corrected chi connectivity index (χ1v) is 12.4. The molecule has 38 heavy (non-hydrogen) atoms. The number of nitrogens with one attached hydrogen (secondary N) is 2. The first-order valence-electron chi connectivity index (χ1n) is 12.4. The van der Waals surface area contributed by atoms with Gasteiger partial charge < -0.3 is 9.97 Å². The van der Waals surface area contributed by atoms with Gasteiger partial charge in [-0.15, -0.1) is 0 Å². The van der Waals surface area contributed by atoms with Gasteiger partial charge >= 0.3 is 0 Å². The first kappa shape index (κ1) is 24.5. The number of benzene rings is 4. The van der Waals surface area contributed by atoms with Gasteiger partial charge in [-0.25, -0.2) is 0 Å². The third-order valence-electron chi connectivity index (χ3n) is 6.10. The van der Waals surface area contributed by atoms with Crippen LogP contribution in [0.15, 0.2) is 146 Å². The summed E-state index contributed by atoms with van der Waals surface area (Å²) in [7, 11) is 0. The maximum absolute atomic E-state index is 12.3. The van der Waals surface area contributed by atoms with E-state index in [0.717, 1.165) is 22.5 Å². The minimum Gasteiger partial charge on any atom is -0.352 e. The van der Waals surface area contributed by atoms with Crippen LogP contribution in [0.3, 0.4) is 0 Å². The summed E-state index contributed by atoms with van der Waals surface area (Å²) in [6.45, 7) is 0. The van der Waals surface area contributed by atoms with Crippen molar-refractivity contribution < 1.29 is 9.59 Å². The molecule has 2 aromatic heterocycles. The van der Waals surface area contributed by atoms with Gasteiger partial charge in [0.15, 0.2) is 0 Å². The van der Waals surface area contributed by atoms with Crippen LogP contribution in [0, 0.1) is 0 Å². The standard InChI is InChI=1S/2C17H13NO/c2*19-17(14-9-5-2-6-10-14)16-12-11-15(18-16)13-7-3-1-4-8-13/h2*1-12,18H. The van der Waals surface area contributed by atoms with Crippen molar-refractivity contribution in [2.45, 2.75) is 0 Å². The van der Waals surface area contributed by atoms with Gasteiger partial charge in [0, 0.05) is 22.5 Å². The summed E-state index contributed by atoms with van der Waals surface area (Å²) >= 11 is 0. The van der Waals surface area contributed by atoms with E-state index in [4.69, 9.17) is 0 Å². The van der Waals surface area contributed by atoms with Crippen LogP contribution in [0.4, 0.5) is 0 Å². The summed E-state index contributed by atoms with van der Waals surface area (Å²) in [4.78, 5) is 30.9. The Kier molecular flexibility index (Phi) is 7.52. The second-order valence-electron chi connectivity index (χ2n) is 8.69. The monoisotopic (exact) mass is 494 g/mol. The van der Waals surface area contributed by atoms with Gasteiger partial charge in [0.05, 0.1) is 11.4 Å². The molecule has 0 bridgehead atoms. The van der Waals surface area contributed by atoms with E-state index in [9.17, 15) is 9.59 Å². The highest BCUT2D eigenvalue weighted by molar-refractivity contribution is 6.08. The predicted octanol–water partition coefficient (Wildman–Crippen LogP) is 7.83. The van der Waals surface area contributed by atoms with E-state index in [0.29, 0.717) is 22.5 Å². The Morgan fingerprint density at radius 2 is 0.684 bits per heavy atom. The van der Waals surface area contributed by atoms with Crippen molar-refractivity contribution in [3.05, 3.63) is 168 Å². The molecule has 0 saturated carbocycles. The van der Waals surface area contributed by atoms with Crippen LogP contribution in [0.25, 0.3) is 22.5 Å². The lowest BCUT2D eigenvalue weighted by Crippen LogP contribution is -2.01. The van der Waals surface area contributed by atoms with Gasteiger partial charge in [0.1, 0.15) is 0 Å². The third kappa shape index (κ3) is 5.77. The maximum atomic E-state index is 12.3. The molecule has 4 aromatic carbocycles. The smallest absolute Gasteiger partial charge is 0.209 e. The Morgan fingerprint density at radius 3 is 1.03 bits per heavy atom. The highest BCUT2D eigenvalue weighted by Crippen LogP contribution is 2.20. The van der Waals surface area contributed by atoms with Crippen molar-refractivity contribution in [2.75, 3.05) is 0 Å². The molecule has 0 aliphatic rings. The fourth-order valence-electron chi connectivity index (χ4n) is 4.12. The van der Waals surface area contributed by atoms with Crippen LogP contribution < -0.4 is 0 Å². The molecular weight excluding hydrogens is 468 g/mol. The molecule has 0 unspecified atom stereocenters. The second kappa shape index (κ2) is 11.7. The normalized spacial score (nSPS) is 10.3. The van der Waals surface area contributed by atoms with Gasteiger partial charge in [-0.1, -0.05) is 121 Å². The fraction of sp³-hybridized carbons (Fsp3) is 0. The SMILES string of the molecule is O=C(c1ccccc1)c1ccc(-c2ccccc2)[nH]1.O=C(c1ccccc1)c1ccc(-c2ccccc2)[nH]1. The van der Waals surface area contributed by atoms with Crippen LogP contribution in [0.1, 0.15) is 32.1 Å². The minimum absolute atomic E-state index is 0.0165. The molecule has 0 radical (unpaired) electrons. The van der Waals surface area contributed by atoms with E-state index >= 15 is 0 Å². The van der Waals surface area contributed by atoms with Gasteiger partial charge in [0.25, 0.3) is 0 Å². The largest absolute Gasteiger partial charge is 0.352 e. The minimum atomic E-state index is 0.0165. The van der Waals surface area contributed by atoms with Crippen molar-refractivity contribution in [2.24, 2.45) is 0 Å². The van der Waals surface area contributed by atoms with Crippen LogP contribution in [0.5, 0.6) is 0 Å². The average molecular weight is 495 g/mol. The maximum Gasteiger partial charge on any atom is 0.209 e. The molecule has 0 saturated heterocycles. The van der Waals surface area contributed by atoms with Crippen LogP contribution in [-0.2, 0) is 0 Å². The highest BCUT2D eigenvalue weighted by atomic mass is 16.1. The van der Waals surface area contributed by atoms with E-state index in [1.165, 1.54) is 0 Å². The third-order valence-corrected chi connectivity index (χ3v) is 6.10. The van der Waals surface area contributed by atoms with Crippen LogP contribution in [0.2, 0.25) is 0 Å². The first-order chi connectivity index (χ1) is 18.7. The number of ketones is 2. The Labute approximate surface area is 221 Å². The lowest BCUT2D eigenvalue weighted by atomic mass is 10.1. The second-order valence-corrected chi connectivity index (χ2v) is 8.69. The summed E-state index contributed by atoms with van der Waals surface area (Å²) in [5, 5.41) is 0. The van der Waals surface area contributed by atoms with E-state index < -0.39 is 0 Å². The van der Waals surface area contributed by atoms with Crippen molar-refractivity contribution >= 4 is 11.6 Å². The molecule has 0 fully saturated rings. The average Bonchev–Trinajstić information content (AvgIpc) is 3.70. The molecule has 4 nitrogen and oxygen atoms in total. The van der Waals surface area contributed by atoms with E-state index in [2.05, 4.69) is 9.97 Å². The molecule has 6 rings (SSSR count). The van der Waals surface area contributed by atoms with Gasteiger partial charge in [-0.3, -0.25) is 9.59 Å².